The van der Waals surface area contributed by atoms with Crippen molar-refractivity contribution in [1.82, 2.24) is 10.1 Å². The maximum absolute atomic E-state index is 5.87. The van der Waals surface area contributed by atoms with Crippen LogP contribution in [-0.2, 0) is 13.0 Å². The van der Waals surface area contributed by atoms with Crippen LogP contribution in [0.4, 0.5) is 0 Å². The molecule has 4 nitrogen and oxygen atoms in total. The van der Waals surface area contributed by atoms with Gasteiger partial charge in [0.05, 0.1) is 0 Å². The van der Waals surface area contributed by atoms with Crippen molar-refractivity contribution >= 4 is 27.5 Å². The Morgan fingerprint density at radius 1 is 1.17 bits per heavy atom. The lowest BCUT2D eigenvalue weighted by Gasteiger charge is -2.05. The van der Waals surface area contributed by atoms with Crippen LogP contribution < -0.4 is 4.74 Å². The molecule has 118 valence electrons. The smallest absolute Gasteiger partial charge is 0.264 e. The third-order valence-electron chi connectivity index (χ3n) is 3.28. The van der Waals surface area contributed by atoms with Gasteiger partial charge >= 0.3 is 0 Å². The second-order valence-corrected chi connectivity index (χ2v) is 6.40. The first-order valence-corrected chi connectivity index (χ1v) is 8.22. The van der Waals surface area contributed by atoms with Crippen molar-refractivity contribution in [2.45, 2.75) is 20.0 Å². The molecule has 0 aliphatic heterocycles. The van der Waals surface area contributed by atoms with Crippen LogP contribution in [0.15, 0.2) is 51.5 Å². The summed E-state index contributed by atoms with van der Waals surface area (Å²) in [6.45, 7) is 2.25. The van der Waals surface area contributed by atoms with Crippen molar-refractivity contribution < 1.29 is 9.26 Å². The molecule has 0 fully saturated rings. The Hall–Kier alpha value is -1.85. The van der Waals surface area contributed by atoms with Gasteiger partial charge in [-0.1, -0.05) is 44.8 Å². The van der Waals surface area contributed by atoms with Gasteiger partial charge in [0.25, 0.3) is 5.89 Å². The van der Waals surface area contributed by atoms with E-state index in [1.165, 1.54) is 0 Å². The van der Waals surface area contributed by atoms with Crippen molar-refractivity contribution in [3.8, 4) is 5.75 Å². The van der Waals surface area contributed by atoms with E-state index in [0.29, 0.717) is 23.2 Å². The molecule has 6 heteroatoms. The first-order chi connectivity index (χ1) is 11.1. The zero-order valence-electron chi connectivity index (χ0n) is 12.4. The van der Waals surface area contributed by atoms with E-state index in [2.05, 4.69) is 26.1 Å². The van der Waals surface area contributed by atoms with Crippen LogP contribution in [0.5, 0.6) is 5.75 Å². The molecule has 3 aromatic rings. The van der Waals surface area contributed by atoms with E-state index in [9.17, 15) is 0 Å². The predicted molar refractivity (Wildman–Crippen MR) is 91.8 cm³/mol. The van der Waals surface area contributed by atoms with Gasteiger partial charge in [0.15, 0.2) is 12.4 Å². The maximum atomic E-state index is 5.87. The van der Waals surface area contributed by atoms with E-state index in [1.807, 2.05) is 49.4 Å². The Balaban J connectivity index is 1.60. The van der Waals surface area contributed by atoms with Gasteiger partial charge in [0.2, 0.25) is 0 Å². The van der Waals surface area contributed by atoms with Crippen LogP contribution in [-0.4, -0.2) is 10.1 Å². The molecular formula is C17H14BrClN2O2. The molecule has 0 aliphatic carbocycles. The summed E-state index contributed by atoms with van der Waals surface area (Å²) in [4.78, 5) is 4.34. The predicted octanol–water partition coefficient (Wildman–Crippen LogP) is 4.96. The van der Waals surface area contributed by atoms with E-state index < -0.39 is 0 Å². The highest BCUT2D eigenvalue weighted by molar-refractivity contribution is 9.10. The van der Waals surface area contributed by atoms with Gasteiger partial charge in [0, 0.05) is 15.9 Å². The van der Waals surface area contributed by atoms with Gasteiger partial charge < -0.3 is 9.26 Å². The van der Waals surface area contributed by atoms with E-state index in [-0.39, 0.29) is 6.61 Å². The minimum Gasteiger partial charge on any atom is -0.484 e. The summed E-state index contributed by atoms with van der Waals surface area (Å²) in [5.74, 6) is 1.84. The fourth-order valence-electron chi connectivity index (χ4n) is 2.06. The maximum Gasteiger partial charge on any atom is 0.264 e. The Labute approximate surface area is 147 Å². The standard InChI is InChI=1S/C17H14BrClN2O2/c1-11-8-14(6-7-15(11)18)22-10-17-20-16(21-23-17)9-12-2-4-13(19)5-3-12/h2-8H,9-10H2,1H3. The number of hydrogen-bond donors (Lipinski definition) is 0. The van der Waals surface area contributed by atoms with Gasteiger partial charge in [-0.05, 0) is 48.4 Å². The molecule has 3 rings (SSSR count). The van der Waals surface area contributed by atoms with E-state index >= 15 is 0 Å². The summed E-state index contributed by atoms with van der Waals surface area (Å²) >= 11 is 9.33. The zero-order chi connectivity index (χ0) is 16.2. The molecule has 0 spiro atoms. The molecule has 0 saturated carbocycles. The number of hydrogen-bond acceptors (Lipinski definition) is 4. The Morgan fingerprint density at radius 3 is 2.70 bits per heavy atom. The molecule has 0 radical (unpaired) electrons. The van der Waals surface area contributed by atoms with Gasteiger partial charge in [-0.3, -0.25) is 0 Å². The first kappa shape index (κ1) is 16.0. The van der Waals surface area contributed by atoms with Crippen molar-refractivity contribution in [3.05, 3.63) is 74.8 Å². The van der Waals surface area contributed by atoms with Crippen LogP contribution in [0.2, 0.25) is 5.02 Å². The third-order valence-corrected chi connectivity index (χ3v) is 4.42. The SMILES string of the molecule is Cc1cc(OCc2nc(Cc3ccc(Cl)cc3)no2)ccc1Br. The number of aromatic nitrogens is 2. The summed E-state index contributed by atoms with van der Waals surface area (Å²) in [6, 6.07) is 13.4. The summed E-state index contributed by atoms with van der Waals surface area (Å²) in [7, 11) is 0. The highest BCUT2D eigenvalue weighted by atomic mass is 79.9. The average molecular weight is 394 g/mol. The molecule has 0 saturated heterocycles. The lowest BCUT2D eigenvalue weighted by Crippen LogP contribution is -1.97. The van der Waals surface area contributed by atoms with Crippen molar-refractivity contribution in [2.75, 3.05) is 0 Å². The number of aryl methyl sites for hydroxylation is 1. The number of rotatable bonds is 5. The lowest BCUT2D eigenvalue weighted by molar-refractivity contribution is 0.242. The molecule has 1 heterocycles. The number of halogens is 2. The van der Waals surface area contributed by atoms with Crippen LogP contribution in [0.3, 0.4) is 0 Å². The fourth-order valence-corrected chi connectivity index (χ4v) is 2.43. The van der Waals surface area contributed by atoms with Crippen LogP contribution in [0, 0.1) is 6.92 Å². The minimum atomic E-state index is 0.245. The number of nitrogens with zero attached hydrogens (tertiary/aromatic N) is 2. The van der Waals surface area contributed by atoms with E-state index in [1.54, 1.807) is 0 Å². The largest absolute Gasteiger partial charge is 0.484 e. The Kier molecular flexibility index (Phi) is 4.98. The molecule has 0 aliphatic rings. The van der Waals surface area contributed by atoms with Crippen LogP contribution in [0.25, 0.3) is 0 Å². The van der Waals surface area contributed by atoms with Crippen molar-refractivity contribution in [1.29, 1.82) is 0 Å². The molecule has 0 bridgehead atoms. The van der Waals surface area contributed by atoms with Crippen LogP contribution in [0.1, 0.15) is 22.8 Å². The summed E-state index contributed by atoms with van der Waals surface area (Å²) in [5, 5.41) is 4.68. The molecule has 0 N–H and O–H groups in total. The average Bonchev–Trinajstić information content (AvgIpc) is 2.98. The molecule has 0 amide bonds. The molecule has 0 atom stereocenters. The molecule has 0 unspecified atom stereocenters. The Bertz CT molecular complexity index is 803. The summed E-state index contributed by atoms with van der Waals surface area (Å²) in [6.07, 6.45) is 0.595. The molecule has 2 aromatic carbocycles. The van der Waals surface area contributed by atoms with Gasteiger partial charge in [-0.2, -0.15) is 4.98 Å². The van der Waals surface area contributed by atoms with Gasteiger partial charge in [-0.15, -0.1) is 0 Å². The third kappa shape index (κ3) is 4.33. The van der Waals surface area contributed by atoms with E-state index in [4.69, 9.17) is 20.9 Å². The highest BCUT2D eigenvalue weighted by Gasteiger charge is 2.08. The Morgan fingerprint density at radius 2 is 1.96 bits per heavy atom. The lowest BCUT2D eigenvalue weighted by atomic mass is 10.1. The van der Waals surface area contributed by atoms with E-state index in [0.717, 1.165) is 21.3 Å². The number of benzene rings is 2. The first-order valence-electron chi connectivity index (χ1n) is 7.05. The summed E-state index contributed by atoms with van der Waals surface area (Å²) in [5.41, 5.74) is 2.18. The topological polar surface area (TPSA) is 48.2 Å². The quantitative estimate of drug-likeness (QED) is 0.614. The number of ether oxygens (including phenoxy) is 1. The molecular weight excluding hydrogens is 380 g/mol. The second-order valence-electron chi connectivity index (χ2n) is 5.11. The molecule has 1 aromatic heterocycles. The summed E-state index contributed by atoms with van der Waals surface area (Å²) < 4.78 is 11.9. The monoisotopic (exact) mass is 392 g/mol. The second kappa shape index (κ2) is 7.15. The highest BCUT2D eigenvalue weighted by Crippen LogP contribution is 2.22. The molecule has 23 heavy (non-hydrogen) atoms. The normalized spacial score (nSPS) is 10.7. The van der Waals surface area contributed by atoms with Gasteiger partial charge in [-0.25, -0.2) is 0 Å². The van der Waals surface area contributed by atoms with Crippen molar-refractivity contribution in [2.24, 2.45) is 0 Å². The minimum absolute atomic E-state index is 0.245. The zero-order valence-corrected chi connectivity index (χ0v) is 14.8. The van der Waals surface area contributed by atoms with Crippen molar-refractivity contribution in [3.63, 3.8) is 0 Å². The fraction of sp³-hybridized carbons (Fsp3) is 0.176. The van der Waals surface area contributed by atoms with Gasteiger partial charge in [0.1, 0.15) is 5.75 Å². The van der Waals surface area contributed by atoms with Crippen LogP contribution >= 0.6 is 27.5 Å².